The van der Waals surface area contributed by atoms with Crippen LogP contribution < -0.4 is 5.73 Å². The molecule has 0 saturated carbocycles. The summed E-state index contributed by atoms with van der Waals surface area (Å²) in [5, 5.41) is 1.01. The highest BCUT2D eigenvalue weighted by molar-refractivity contribution is 5.84. The van der Waals surface area contributed by atoms with E-state index < -0.39 is 0 Å². The summed E-state index contributed by atoms with van der Waals surface area (Å²) in [4.78, 5) is 0. The van der Waals surface area contributed by atoms with Gasteiger partial charge in [0.25, 0.3) is 0 Å². The Kier molecular flexibility index (Phi) is 3.07. The largest absolute Gasteiger partial charge is 0.456 e. The molecule has 0 fully saturated rings. The van der Waals surface area contributed by atoms with Crippen LogP contribution in [0.15, 0.2) is 46.9 Å². The van der Waals surface area contributed by atoms with E-state index in [4.69, 9.17) is 10.2 Å². The Morgan fingerprint density at radius 1 is 1.10 bits per heavy atom. The van der Waals surface area contributed by atoms with Gasteiger partial charge >= 0.3 is 0 Å². The quantitative estimate of drug-likeness (QED) is 0.740. The smallest absolute Gasteiger partial charge is 0.135 e. The van der Waals surface area contributed by atoms with Crippen molar-refractivity contribution in [2.45, 2.75) is 19.9 Å². The van der Waals surface area contributed by atoms with E-state index in [9.17, 15) is 4.39 Å². The van der Waals surface area contributed by atoms with Crippen LogP contribution in [0.3, 0.4) is 0 Å². The standard InChI is InChI=1S/C17H16FNO/c1-10-3-6-16-12(7-10)8-17(20-16)15-9-13(18)4-5-14(15)11(2)19/h3-9,11H,19H2,1-2H3. The summed E-state index contributed by atoms with van der Waals surface area (Å²) in [6.45, 7) is 3.91. The molecule has 1 atom stereocenters. The third-order valence-electron chi connectivity index (χ3n) is 3.44. The molecule has 3 heteroatoms. The van der Waals surface area contributed by atoms with E-state index in [0.29, 0.717) is 11.3 Å². The fraction of sp³-hybridized carbons (Fsp3) is 0.176. The third kappa shape index (κ3) is 2.21. The van der Waals surface area contributed by atoms with Gasteiger partial charge in [0.05, 0.1) is 0 Å². The second kappa shape index (κ2) is 4.76. The second-order valence-corrected chi connectivity index (χ2v) is 5.17. The molecular formula is C17H16FNO. The van der Waals surface area contributed by atoms with Crippen molar-refractivity contribution in [1.29, 1.82) is 0 Å². The van der Waals surface area contributed by atoms with Crippen LogP contribution >= 0.6 is 0 Å². The number of rotatable bonds is 2. The van der Waals surface area contributed by atoms with E-state index in [0.717, 1.165) is 22.1 Å². The Bertz CT molecular complexity index is 774. The molecule has 2 N–H and O–H groups in total. The second-order valence-electron chi connectivity index (χ2n) is 5.17. The molecule has 2 nitrogen and oxygen atoms in total. The molecule has 1 unspecified atom stereocenters. The number of furan rings is 1. The molecule has 3 aromatic rings. The molecule has 102 valence electrons. The summed E-state index contributed by atoms with van der Waals surface area (Å²) in [6, 6.07) is 12.3. The van der Waals surface area contributed by atoms with Gasteiger partial charge in [0.2, 0.25) is 0 Å². The summed E-state index contributed by atoms with van der Waals surface area (Å²) in [5.74, 6) is 0.360. The number of hydrogen-bond donors (Lipinski definition) is 1. The molecule has 2 aromatic carbocycles. The van der Waals surface area contributed by atoms with Crippen LogP contribution in [0.1, 0.15) is 24.1 Å². The van der Waals surface area contributed by atoms with E-state index in [2.05, 4.69) is 0 Å². The van der Waals surface area contributed by atoms with E-state index in [1.165, 1.54) is 12.1 Å². The van der Waals surface area contributed by atoms with Crippen molar-refractivity contribution < 1.29 is 8.81 Å². The van der Waals surface area contributed by atoms with Gasteiger partial charge in [0, 0.05) is 17.0 Å². The zero-order valence-electron chi connectivity index (χ0n) is 11.5. The summed E-state index contributed by atoms with van der Waals surface area (Å²) in [6.07, 6.45) is 0. The Morgan fingerprint density at radius 3 is 2.65 bits per heavy atom. The highest BCUT2D eigenvalue weighted by atomic mass is 19.1. The number of nitrogens with two attached hydrogens (primary N) is 1. The minimum atomic E-state index is -0.291. The van der Waals surface area contributed by atoms with Crippen LogP contribution in [0.2, 0.25) is 0 Å². The molecule has 0 saturated heterocycles. The molecule has 0 bridgehead atoms. The maximum absolute atomic E-state index is 13.5. The number of benzene rings is 2. The normalized spacial score (nSPS) is 12.8. The summed E-state index contributed by atoms with van der Waals surface area (Å²) in [7, 11) is 0. The van der Waals surface area contributed by atoms with E-state index in [-0.39, 0.29) is 11.9 Å². The molecule has 3 rings (SSSR count). The lowest BCUT2D eigenvalue weighted by atomic mass is 10.00. The van der Waals surface area contributed by atoms with Crippen LogP contribution in [0.4, 0.5) is 4.39 Å². The first-order valence-corrected chi connectivity index (χ1v) is 6.60. The topological polar surface area (TPSA) is 39.2 Å². The molecule has 0 spiro atoms. The van der Waals surface area contributed by atoms with Crippen LogP contribution in [0.5, 0.6) is 0 Å². The van der Waals surface area contributed by atoms with Gasteiger partial charge in [-0.3, -0.25) is 0 Å². The van der Waals surface area contributed by atoms with Crippen molar-refractivity contribution >= 4 is 11.0 Å². The lowest BCUT2D eigenvalue weighted by Crippen LogP contribution is -2.06. The van der Waals surface area contributed by atoms with Crippen molar-refractivity contribution in [2.75, 3.05) is 0 Å². The maximum atomic E-state index is 13.5. The summed E-state index contributed by atoms with van der Waals surface area (Å²) < 4.78 is 19.4. The highest BCUT2D eigenvalue weighted by Crippen LogP contribution is 2.33. The third-order valence-corrected chi connectivity index (χ3v) is 3.44. The number of aryl methyl sites for hydroxylation is 1. The Labute approximate surface area is 117 Å². The number of hydrogen-bond acceptors (Lipinski definition) is 2. The van der Waals surface area contributed by atoms with Crippen LogP contribution in [-0.4, -0.2) is 0 Å². The van der Waals surface area contributed by atoms with Crippen LogP contribution in [0, 0.1) is 12.7 Å². The van der Waals surface area contributed by atoms with Gasteiger partial charge in [-0.15, -0.1) is 0 Å². The van der Waals surface area contributed by atoms with Gasteiger partial charge in [-0.25, -0.2) is 4.39 Å². The molecule has 0 radical (unpaired) electrons. The Balaban J connectivity index is 2.22. The van der Waals surface area contributed by atoms with Gasteiger partial charge in [0.1, 0.15) is 17.2 Å². The van der Waals surface area contributed by atoms with Crippen molar-refractivity contribution in [2.24, 2.45) is 5.73 Å². The highest BCUT2D eigenvalue weighted by Gasteiger charge is 2.14. The van der Waals surface area contributed by atoms with Gasteiger partial charge < -0.3 is 10.2 Å². The fourth-order valence-electron chi connectivity index (χ4n) is 2.43. The average molecular weight is 269 g/mol. The van der Waals surface area contributed by atoms with E-state index >= 15 is 0 Å². The predicted molar refractivity (Wildman–Crippen MR) is 78.9 cm³/mol. The maximum Gasteiger partial charge on any atom is 0.135 e. The lowest BCUT2D eigenvalue weighted by molar-refractivity contribution is 0.614. The molecular weight excluding hydrogens is 253 g/mol. The van der Waals surface area contributed by atoms with E-state index in [1.807, 2.05) is 38.1 Å². The number of fused-ring (bicyclic) bond motifs is 1. The number of halogens is 1. The van der Waals surface area contributed by atoms with Crippen molar-refractivity contribution in [1.82, 2.24) is 0 Å². The molecule has 1 aromatic heterocycles. The fourth-order valence-corrected chi connectivity index (χ4v) is 2.43. The van der Waals surface area contributed by atoms with Crippen molar-refractivity contribution in [3.8, 4) is 11.3 Å². The molecule has 1 heterocycles. The first-order valence-electron chi connectivity index (χ1n) is 6.60. The first-order chi connectivity index (χ1) is 9.54. The van der Waals surface area contributed by atoms with Gasteiger partial charge in [-0.1, -0.05) is 17.7 Å². The van der Waals surface area contributed by atoms with Crippen molar-refractivity contribution in [3.63, 3.8) is 0 Å². The molecule has 0 amide bonds. The summed E-state index contributed by atoms with van der Waals surface area (Å²) >= 11 is 0. The predicted octanol–water partition coefficient (Wildman–Crippen LogP) is 4.57. The molecule has 0 aliphatic rings. The summed E-state index contributed by atoms with van der Waals surface area (Å²) in [5.41, 5.74) is 9.51. The molecule has 0 aliphatic heterocycles. The minimum absolute atomic E-state index is 0.180. The van der Waals surface area contributed by atoms with Crippen LogP contribution in [-0.2, 0) is 0 Å². The Morgan fingerprint density at radius 2 is 1.90 bits per heavy atom. The molecule has 0 aliphatic carbocycles. The van der Waals surface area contributed by atoms with Gasteiger partial charge in [-0.05, 0) is 49.7 Å². The average Bonchev–Trinajstić information content (AvgIpc) is 2.81. The van der Waals surface area contributed by atoms with Crippen LogP contribution in [0.25, 0.3) is 22.3 Å². The first kappa shape index (κ1) is 12.9. The minimum Gasteiger partial charge on any atom is -0.456 e. The SMILES string of the molecule is Cc1ccc2oc(-c3cc(F)ccc3C(C)N)cc2c1. The van der Waals surface area contributed by atoms with Crippen molar-refractivity contribution in [3.05, 3.63) is 59.4 Å². The lowest BCUT2D eigenvalue weighted by Gasteiger charge is -2.10. The Hall–Kier alpha value is -2.13. The monoisotopic (exact) mass is 269 g/mol. The zero-order chi connectivity index (χ0) is 14.3. The molecule has 20 heavy (non-hydrogen) atoms. The van der Waals surface area contributed by atoms with Gasteiger partial charge in [0.15, 0.2) is 0 Å². The van der Waals surface area contributed by atoms with Gasteiger partial charge in [-0.2, -0.15) is 0 Å². The zero-order valence-corrected chi connectivity index (χ0v) is 11.5. The van der Waals surface area contributed by atoms with E-state index in [1.54, 1.807) is 6.07 Å².